The minimum atomic E-state index is -4.55. The van der Waals surface area contributed by atoms with Gasteiger partial charge in [0.1, 0.15) is 0 Å². The first-order valence-electron chi connectivity index (χ1n) is 2.83. The van der Waals surface area contributed by atoms with Gasteiger partial charge < -0.3 is 10.7 Å². The lowest BCUT2D eigenvalue weighted by Gasteiger charge is -1.98. The van der Waals surface area contributed by atoms with Crippen LogP contribution in [0.2, 0.25) is 0 Å². The molecule has 0 aliphatic rings. The Morgan fingerprint density at radius 1 is 1.58 bits per heavy atom. The van der Waals surface area contributed by atoms with Gasteiger partial charge in [-0.05, 0) is 0 Å². The quantitative estimate of drug-likeness (QED) is 0.659. The Bertz CT molecular complexity index is 303. The lowest BCUT2D eigenvalue weighted by atomic mass is 10.5. The number of nitrogens with two attached hydrogens (primary N) is 1. The third kappa shape index (κ3) is 1.55. The van der Waals surface area contributed by atoms with Crippen LogP contribution in [0.5, 0.6) is 0 Å². The van der Waals surface area contributed by atoms with E-state index in [4.69, 9.17) is 0 Å². The van der Waals surface area contributed by atoms with E-state index in [2.05, 4.69) is 10.7 Å². The first kappa shape index (κ1) is 8.57. The van der Waals surface area contributed by atoms with Gasteiger partial charge in [-0.25, -0.2) is 4.98 Å². The molecule has 7 heteroatoms. The summed E-state index contributed by atoms with van der Waals surface area (Å²) in [6, 6.07) is 0. The zero-order chi connectivity index (χ0) is 9.35. The highest BCUT2D eigenvalue weighted by Crippen LogP contribution is 2.27. The number of carbonyl (C=O) groups excluding carboxylic acids is 1. The van der Waals surface area contributed by atoms with Gasteiger partial charge in [0.25, 0.3) is 5.91 Å². The SMILES string of the molecule is NC(=O)c1nc(C(F)(F)F)c[nH]1. The van der Waals surface area contributed by atoms with E-state index in [1.165, 1.54) is 0 Å². The molecule has 0 aliphatic heterocycles. The maximum atomic E-state index is 11.8. The molecule has 0 saturated carbocycles. The summed E-state index contributed by atoms with van der Waals surface area (Å²) in [4.78, 5) is 15.2. The second-order valence-electron chi connectivity index (χ2n) is 2.00. The van der Waals surface area contributed by atoms with Crippen LogP contribution < -0.4 is 5.73 Å². The third-order valence-electron chi connectivity index (χ3n) is 1.10. The number of aromatic amines is 1. The molecular weight excluding hydrogens is 175 g/mol. The average Bonchev–Trinajstić information content (AvgIpc) is 2.30. The van der Waals surface area contributed by atoms with Crippen LogP contribution in [0.3, 0.4) is 0 Å². The number of hydrogen-bond acceptors (Lipinski definition) is 2. The van der Waals surface area contributed by atoms with E-state index in [0.29, 0.717) is 6.20 Å². The molecule has 0 radical (unpaired) electrons. The lowest BCUT2D eigenvalue weighted by Crippen LogP contribution is -2.13. The van der Waals surface area contributed by atoms with E-state index in [0.717, 1.165) is 0 Å². The van der Waals surface area contributed by atoms with E-state index in [9.17, 15) is 18.0 Å². The molecule has 1 amide bonds. The zero-order valence-electron chi connectivity index (χ0n) is 5.64. The molecular formula is C5H4F3N3O. The number of primary amides is 1. The van der Waals surface area contributed by atoms with Crippen molar-refractivity contribution in [2.75, 3.05) is 0 Å². The van der Waals surface area contributed by atoms with Crippen LogP contribution >= 0.6 is 0 Å². The number of nitrogens with one attached hydrogen (secondary N) is 1. The molecule has 1 heterocycles. The molecule has 0 saturated heterocycles. The van der Waals surface area contributed by atoms with Crippen molar-refractivity contribution in [1.82, 2.24) is 9.97 Å². The van der Waals surface area contributed by atoms with Gasteiger partial charge in [-0.1, -0.05) is 0 Å². The van der Waals surface area contributed by atoms with Gasteiger partial charge in [-0.15, -0.1) is 0 Å². The van der Waals surface area contributed by atoms with Crippen LogP contribution in [0.25, 0.3) is 0 Å². The van der Waals surface area contributed by atoms with Crippen molar-refractivity contribution >= 4 is 5.91 Å². The highest BCUT2D eigenvalue weighted by Gasteiger charge is 2.34. The molecule has 0 atom stereocenters. The number of rotatable bonds is 1. The molecule has 0 aromatic carbocycles. The van der Waals surface area contributed by atoms with Crippen molar-refractivity contribution in [3.63, 3.8) is 0 Å². The fourth-order valence-corrected chi connectivity index (χ4v) is 0.593. The summed E-state index contributed by atoms with van der Waals surface area (Å²) in [5.41, 5.74) is 3.51. The normalized spacial score (nSPS) is 11.6. The summed E-state index contributed by atoms with van der Waals surface area (Å²) in [7, 11) is 0. The largest absolute Gasteiger partial charge is 0.434 e. The Hall–Kier alpha value is -1.53. The Morgan fingerprint density at radius 2 is 2.17 bits per heavy atom. The maximum absolute atomic E-state index is 11.8. The van der Waals surface area contributed by atoms with Crippen molar-refractivity contribution in [2.24, 2.45) is 5.73 Å². The fourth-order valence-electron chi connectivity index (χ4n) is 0.593. The molecule has 1 aromatic rings. The number of imidazole rings is 1. The second kappa shape index (κ2) is 2.50. The Balaban J connectivity index is 3.00. The summed E-state index contributed by atoms with van der Waals surface area (Å²) in [5.74, 6) is -1.52. The fraction of sp³-hybridized carbons (Fsp3) is 0.200. The molecule has 4 nitrogen and oxygen atoms in total. The van der Waals surface area contributed by atoms with Crippen molar-refractivity contribution in [3.8, 4) is 0 Å². The van der Waals surface area contributed by atoms with Gasteiger partial charge in [-0.3, -0.25) is 4.79 Å². The van der Waals surface area contributed by atoms with Crippen molar-refractivity contribution in [2.45, 2.75) is 6.18 Å². The summed E-state index contributed by atoms with van der Waals surface area (Å²) in [6.45, 7) is 0. The minimum absolute atomic E-state index is 0.498. The molecule has 66 valence electrons. The van der Waals surface area contributed by atoms with Crippen LogP contribution in [0.1, 0.15) is 16.3 Å². The second-order valence-corrected chi connectivity index (χ2v) is 2.00. The Morgan fingerprint density at radius 3 is 2.42 bits per heavy atom. The first-order chi connectivity index (χ1) is 5.41. The molecule has 0 aliphatic carbocycles. The number of alkyl halides is 3. The highest BCUT2D eigenvalue weighted by molar-refractivity contribution is 5.88. The molecule has 1 rings (SSSR count). The van der Waals surface area contributed by atoms with Gasteiger partial charge in [0, 0.05) is 6.20 Å². The smallest absolute Gasteiger partial charge is 0.363 e. The summed E-state index contributed by atoms with van der Waals surface area (Å²) in [5, 5.41) is 0. The van der Waals surface area contributed by atoms with E-state index in [-0.39, 0.29) is 0 Å². The number of halogens is 3. The first-order valence-corrected chi connectivity index (χ1v) is 2.83. The highest BCUT2D eigenvalue weighted by atomic mass is 19.4. The monoisotopic (exact) mass is 179 g/mol. The van der Waals surface area contributed by atoms with Crippen molar-refractivity contribution < 1.29 is 18.0 Å². The van der Waals surface area contributed by atoms with E-state index in [1.807, 2.05) is 4.98 Å². The average molecular weight is 179 g/mol. The van der Waals surface area contributed by atoms with Crippen LogP contribution in [0, 0.1) is 0 Å². The summed E-state index contributed by atoms with van der Waals surface area (Å²) < 4.78 is 35.5. The van der Waals surface area contributed by atoms with Crippen LogP contribution in [-0.4, -0.2) is 15.9 Å². The molecule has 0 unspecified atom stereocenters. The van der Waals surface area contributed by atoms with E-state index >= 15 is 0 Å². The third-order valence-corrected chi connectivity index (χ3v) is 1.10. The van der Waals surface area contributed by atoms with E-state index in [1.54, 1.807) is 0 Å². The van der Waals surface area contributed by atoms with E-state index < -0.39 is 23.6 Å². The van der Waals surface area contributed by atoms with Crippen molar-refractivity contribution in [3.05, 3.63) is 17.7 Å². The minimum Gasteiger partial charge on any atom is -0.363 e. The van der Waals surface area contributed by atoms with Crippen LogP contribution in [-0.2, 0) is 6.18 Å². The maximum Gasteiger partial charge on any atom is 0.434 e. The predicted octanol–water partition coefficient (Wildman–Crippen LogP) is 0.527. The predicted molar refractivity (Wildman–Crippen MR) is 32.1 cm³/mol. The van der Waals surface area contributed by atoms with Crippen LogP contribution in [0.4, 0.5) is 13.2 Å². The number of aromatic nitrogens is 2. The van der Waals surface area contributed by atoms with Gasteiger partial charge in [0.15, 0.2) is 11.5 Å². The van der Waals surface area contributed by atoms with Crippen LogP contribution in [0.15, 0.2) is 6.20 Å². The number of amides is 1. The molecule has 1 aromatic heterocycles. The molecule has 12 heavy (non-hydrogen) atoms. The Kier molecular flexibility index (Phi) is 1.79. The summed E-state index contributed by atoms with van der Waals surface area (Å²) in [6.07, 6.45) is -3.97. The molecule has 0 fully saturated rings. The number of carbonyl (C=O) groups is 1. The van der Waals surface area contributed by atoms with Gasteiger partial charge >= 0.3 is 6.18 Å². The topological polar surface area (TPSA) is 71.8 Å². The standard InChI is InChI=1S/C5H4F3N3O/c6-5(7,8)2-1-10-4(11-2)3(9)12/h1H,(H2,9,12)(H,10,11). The number of nitrogens with zero attached hydrogens (tertiary/aromatic N) is 1. The molecule has 0 spiro atoms. The van der Waals surface area contributed by atoms with Gasteiger partial charge in [0.05, 0.1) is 0 Å². The van der Waals surface area contributed by atoms with Gasteiger partial charge in [0.2, 0.25) is 0 Å². The lowest BCUT2D eigenvalue weighted by molar-refractivity contribution is -0.140. The van der Waals surface area contributed by atoms with Gasteiger partial charge in [-0.2, -0.15) is 13.2 Å². The van der Waals surface area contributed by atoms with Crippen molar-refractivity contribution in [1.29, 1.82) is 0 Å². The Labute approximate surface area is 64.6 Å². The zero-order valence-corrected chi connectivity index (χ0v) is 5.64. The summed E-state index contributed by atoms with van der Waals surface area (Å²) >= 11 is 0. The number of hydrogen-bond donors (Lipinski definition) is 2. The molecule has 0 bridgehead atoms. The number of H-pyrrole nitrogens is 1. The molecule has 3 N–H and O–H groups in total.